The summed E-state index contributed by atoms with van der Waals surface area (Å²) in [7, 11) is 0. The van der Waals surface area contributed by atoms with Crippen LogP contribution in [0.1, 0.15) is 6.92 Å². The molecule has 0 aliphatic rings. The second-order valence-corrected chi connectivity index (χ2v) is 1.33. The largest absolute Gasteiger partial charge is 0.465 e. The van der Waals surface area contributed by atoms with Crippen molar-refractivity contribution in [2.24, 2.45) is 5.11 Å². The fourth-order valence-corrected chi connectivity index (χ4v) is 0.285. The van der Waals surface area contributed by atoms with Crippen molar-refractivity contribution in [3.05, 3.63) is 10.4 Å². The number of rotatable bonds is 2. The van der Waals surface area contributed by atoms with E-state index in [-0.39, 0.29) is 0 Å². The van der Waals surface area contributed by atoms with Crippen molar-refractivity contribution in [3.8, 4) is 0 Å². The summed E-state index contributed by atoms with van der Waals surface area (Å²) < 4.78 is 0. The van der Waals surface area contributed by atoms with Gasteiger partial charge in [-0.05, 0) is 12.5 Å². The van der Waals surface area contributed by atoms with Crippen molar-refractivity contribution in [3.63, 3.8) is 0 Å². The van der Waals surface area contributed by atoms with Gasteiger partial charge >= 0.3 is 6.09 Å². The second kappa shape index (κ2) is 3.57. The molecule has 50 valence electrons. The zero-order chi connectivity index (χ0) is 7.28. The van der Waals surface area contributed by atoms with Crippen LogP contribution in [0.4, 0.5) is 4.79 Å². The maximum atomic E-state index is 9.79. The van der Waals surface area contributed by atoms with E-state index < -0.39 is 12.3 Å². The molecule has 0 saturated carbocycles. The fourth-order valence-electron chi connectivity index (χ4n) is 0.285. The second-order valence-electron chi connectivity index (χ2n) is 1.33. The van der Waals surface area contributed by atoms with Crippen molar-refractivity contribution >= 4 is 6.09 Å². The van der Waals surface area contributed by atoms with Gasteiger partial charge in [0.05, 0.1) is 0 Å². The first-order valence-electron chi connectivity index (χ1n) is 2.20. The SMILES string of the molecule is CC(N=[N+]=[N-])NC(=O)O. The zero-order valence-electron chi connectivity index (χ0n) is 4.77. The summed E-state index contributed by atoms with van der Waals surface area (Å²) in [6.07, 6.45) is -1.90. The number of hydrogen-bond acceptors (Lipinski definition) is 2. The number of hydrogen-bond donors (Lipinski definition) is 2. The Morgan fingerprint density at radius 2 is 2.56 bits per heavy atom. The van der Waals surface area contributed by atoms with Gasteiger partial charge in [-0.1, -0.05) is 5.11 Å². The summed E-state index contributed by atoms with van der Waals surface area (Å²) >= 11 is 0. The van der Waals surface area contributed by atoms with Crippen molar-refractivity contribution in [2.45, 2.75) is 13.1 Å². The average molecular weight is 130 g/mol. The van der Waals surface area contributed by atoms with Crippen LogP contribution in [0, 0.1) is 0 Å². The highest BCUT2D eigenvalue weighted by Crippen LogP contribution is 1.81. The lowest BCUT2D eigenvalue weighted by Crippen LogP contribution is -2.28. The molecule has 0 rings (SSSR count). The summed E-state index contributed by atoms with van der Waals surface area (Å²) in [5.74, 6) is 0. The molecule has 0 fully saturated rings. The molecule has 2 N–H and O–H groups in total. The molecule has 0 aromatic heterocycles. The van der Waals surface area contributed by atoms with Crippen LogP contribution in [0.5, 0.6) is 0 Å². The normalized spacial score (nSPS) is 11.2. The van der Waals surface area contributed by atoms with E-state index in [0.717, 1.165) is 0 Å². The molecular formula is C3H6N4O2. The molecule has 1 unspecified atom stereocenters. The lowest BCUT2D eigenvalue weighted by atomic mass is 10.6. The minimum absolute atomic E-state index is 0.701. The van der Waals surface area contributed by atoms with E-state index in [1.165, 1.54) is 6.92 Å². The summed E-state index contributed by atoms with van der Waals surface area (Å²) in [5, 5.41) is 13.0. The highest BCUT2D eigenvalue weighted by Gasteiger charge is 1.99. The van der Waals surface area contributed by atoms with E-state index in [1.54, 1.807) is 0 Å². The van der Waals surface area contributed by atoms with E-state index in [2.05, 4.69) is 10.0 Å². The van der Waals surface area contributed by atoms with Crippen LogP contribution in [-0.2, 0) is 0 Å². The van der Waals surface area contributed by atoms with E-state index in [1.807, 2.05) is 5.32 Å². The monoisotopic (exact) mass is 130 g/mol. The minimum atomic E-state index is -1.20. The molecule has 0 aliphatic carbocycles. The van der Waals surface area contributed by atoms with Gasteiger partial charge in [-0.2, -0.15) is 0 Å². The number of azide groups is 1. The molecule has 1 amide bonds. The quantitative estimate of drug-likeness (QED) is 0.330. The molecular weight excluding hydrogens is 124 g/mol. The van der Waals surface area contributed by atoms with Crippen LogP contribution in [0.15, 0.2) is 5.11 Å². The Bertz CT molecular complexity index is 150. The molecule has 0 radical (unpaired) electrons. The van der Waals surface area contributed by atoms with E-state index in [0.29, 0.717) is 0 Å². The Morgan fingerprint density at radius 1 is 2.00 bits per heavy atom. The number of nitrogens with one attached hydrogen (secondary N) is 1. The summed E-state index contributed by atoms with van der Waals surface area (Å²) in [5.41, 5.74) is 7.77. The third-order valence-electron chi connectivity index (χ3n) is 0.557. The van der Waals surface area contributed by atoms with Gasteiger partial charge in [0.15, 0.2) is 0 Å². The van der Waals surface area contributed by atoms with Gasteiger partial charge in [0.25, 0.3) is 0 Å². The van der Waals surface area contributed by atoms with Crippen LogP contribution in [0.25, 0.3) is 10.4 Å². The fraction of sp³-hybridized carbons (Fsp3) is 0.667. The van der Waals surface area contributed by atoms with Crippen LogP contribution in [0.3, 0.4) is 0 Å². The van der Waals surface area contributed by atoms with Gasteiger partial charge in [0, 0.05) is 4.91 Å². The van der Waals surface area contributed by atoms with Gasteiger partial charge < -0.3 is 10.4 Å². The van der Waals surface area contributed by atoms with Gasteiger partial charge in [-0.25, -0.2) is 4.79 Å². The molecule has 0 bridgehead atoms. The van der Waals surface area contributed by atoms with Crippen LogP contribution >= 0.6 is 0 Å². The molecule has 0 aromatic rings. The lowest BCUT2D eigenvalue weighted by Gasteiger charge is -2.00. The molecule has 0 aliphatic heterocycles. The lowest BCUT2D eigenvalue weighted by molar-refractivity contribution is 0.191. The van der Waals surface area contributed by atoms with Gasteiger partial charge in [-0.15, -0.1) is 0 Å². The van der Waals surface area contributed by atoms with E-state index in [9.17, 15) is 4.79 Å². The number of carbonyl (C=O) groups is 1. The number of nitrogens with zero attached hydrogens (tertiary/aromatic N) is 3. The maximum absolute atomic E-state index is 9.79. The topological polar surface area (TPSA) is 98.1 Å². The van der Waals surface area contributed by atoms with Gasteiger partial charge in [-0.3, -0.25) is 0 Å². The predicted molar refractivity (Wildman–Crippen MR) is 29.8 cm³/mol. The van der Waals surface area contributed by atoms with Crippen molar-refractivity contribution in [1.82, 2.24) is 5.32 Å². The molecule has 0 aromatic carbocycles. The molecule has 9 heavy (non-hydrogen) atoms. The highest BCUT2D eigenvalue weighted by atomic mass is 16.4. The standard InChI is InChI=1S/C3H6N4O2/c1-2(6-7-4)5-3(8)9/h2,5H,1H3,(H,8,9). The summed E-state index contributed by atoms with van der Waals surface area (Å²) in [6.45, 7) is 1.44. The molecule has 0 saturated heterocycles. The van der Waals surface area contributed by atoms with Crippen molar-refractivity contribution in [2.75, 3.05) is 0 Å². The van der Waals surface area contributed by atoms with E-state index >= 15 is 0 Å². The maximum Gasteiger partial charge on any atom is 0.405 e. The Kier molecular flexibility index (Phi) is 3.00. The predicted octanol–water partition coefficient (Wildman–Crippen LogP) is 0.910. The van der Waals surface area contributed by atoms with Gasteiger partial charge in [0.2, 0.25) is 0 Å². The van der Waals surface area contributed by atoms with Gasteiger partial charge in [0.1, 0.15) is 6.17 Å². The Morgan fingerprint density at radius 3 is 2.89 bits per heavy atom. The smallest absolute Gasteiger partial charge is 0.405 e. The van der Waals surface area contributed by atoms with Crippen LogP contribution < -0.4 is 5.32 Å². The Balaban J connectivity index is 3.62. The van der Waals surface area contributed by atoms with Crippen molar-refractivity contribution < 1.29 is 9.90 Å². The molecule has 6 heteroatoms. The Labute approximate surface area is 51.1 Å². The molecule has 1 atom stereocenters. The van der Waals surface area contributed by atoms with Crippen LogP contribution in [-0.4, -0.2) is 17.4 Å². The first-order chi connectivity index (χ1) is 4.16. The van der Waals surface area contributed by atoms with Crippen LogP contribution in [0.2, 0.25) is 0 Å². The minimum Gasteiger partial charge on any atom is -0.465 e. The average Bonchev–Trinajstić information content (AvgIpc) is 1.63. The zero-order valence-corrected chi connectivity index (χ0v) is 4.77. The van der Waals surface area contributed by atoms with E-state index in [4.69, 9.17) is 10.6 Å². The molecule has 0 heterocycles. The Hall–Kier alpha value is -1.42. The first kappa shape index (κ1) is 7.58. The molecule has 6 nitrogen and oxygen atoms in total. The number of amides is 1. The number of carboxylic acid groups (broad SMARTS) is 1. The summed E-state index contributed by atoms with van der Waals surface area (Å²) in [6, 6.07) is 0. The molecule has 0 spiro atoms. The highest BCUT2D eigenvalue weighted by molar-refractivity contribution is 5.64. The first-order valence-corrected chi connectivity index (χ1v) is 2.20. The third-order valence-corrected chi connectivity index (χ3v) is 0.557. The van der Waals surface area contributed by atoms with Crippen molar-refractivity contribution in [1.29, 1.82) is 0 Å². The third kappa shape index (κ3) is 4.43. The summed E-state index contributed by atoms with van der Waals surface area (Å²) in [4.78, 5) is 12.2.